The Labute approximate surface area is 156 Å². The summed E-state index contributed by atoms with van der Waals surface area (Å²) in [5, 5.41) is 7.23. The smallest absolute Gasteiger partial charge is 0.345 e. The molecule has 0 radical (unpaired) electrons. The highest BCUT2D eigenvalue weighted by Crippen LogP contribution is 2.42. The zero-order valence-corrected chi connectivity index (χ0v) is 15.7. The van der Waals surface area contributed by atoms with Crippen LogP contribution in [-0.2, 0) is 6.18 Å². The fraction of sp³-hybridized carbons (Fsp3) is 0.500. The van der Waals surface area contributed by atoms with Crippen LogP contribution in [0.15, 0.2) is 30.5 Å². The van der Waals surface area contributed by atoms with Gasteiger partial charge in [-0.2, -0.15) is 18.3 Å². The summed E-state index contributed by atoms with van der Waals surface area (Å²) in [6.45, 7) is 5.81. The third-order valence-corrected chi connectivity index (χ3v) is 5.11. The molecule has 1 aliphatic rings. The summed E-state index contributed by atoms with van der Waals surface area (Å²) in [6, 6.07) is 4.71. The van der Waals surface area contributed by atoms with Gasteiger partial charge in [0.15, 0.2) is 0 Å². The van der Waals surface area contributed by atoms with Gasteiger partial charge < -0.3 is 5.32 Å². The Kier molecular flexibility index (Phi) is 5.31. The predicted octanol–water partition coefficient (Wildman–Crippen LogP) is 5.24. The first kappa shape index (κ1) is 19.5. The number of benzene rings is 1. The van der Waals surface area contributed by atoms with Crippen molar-refractivity contribution >= 4 is 5.91 Å². The highest BCUT2D eigenvalue weighted by atomic mass is 19.4. The van der Waals surface area contributed by atoms with Crippen LogP contribution in [-0.4, -0.2) is 15.7 Å². The van der Waals surface area contributed by atoms with Crippen LogP contribution in [0.4, 0.5) is 13.2 Å². The molecule has 2 atom stereocenters. The van der Waals surface area contributed by atoms with Gasteiger partial charge in [-0.15, -0.1) is 0 Å². The number of amides is 1. The molecule has 0 aliphatic heterocycles. The predicted molar refractivity (Wildman–Crippen MR) is 96.5 cm³/mol. The second kappa shape index (κ2) is 7.37. The molecule has 1 fully saturated rings. The molecule has 1 saturated carbocycles. The number of hydrogen-bond acceptors (Lipinski definition) is 2. The lowest BCUT2D eigenvalue weighted by molar-refractivity contribution is -0.137. The molecule has 1 N–H and O–H groups in total. The Morgan fingerprint density at radius 1 is 1.33 bits per heavy atom. The zero-order chi connectivity index (χ0) is 19.8. The maximum Gasteiger partial charge on any atom is 0.416 e. The van der Waals surface area contributed by atoms with Gasteiger partial charge in [0.25, 0.3) is 5.91 Å². The molecule has 2 aromatic rings. The van der Waals surface area contributed by atoms with Gasteiger partial charge in [0, 0.05) is 12.0 Å². The quantitative estimate of drug-likeness (QED) is 0.746. The molecule has 1 amide bonds. The average molecular weight is 379 g/mol. The lowest BCUT2D eigenvalue weighted by Gasteiger charge is -2.17. The number of aromatic nitrogens is 2. The Morgan fingerprint density at radius 3 is 2.63 bits per heavy atom. The lowest BCUT2D eigenvalue weighted by atomic mass is 10.0. The minimum absolute atomic E-state index is 0.197. The molecular formula is C20H24F3N3O. The third-order valence-electron chi connectivity index (χ3n) is 5.11. The standard InChI is InChI=1S/C20H24F3N3O/c1-4-12(2)26-18(14-8-9-14)17(11-24-26)19(27)25-13(3)15-6-5-7-16(10-15)20(21,22)23/h5-7,10-14H,4,8-9H2,1-3H3,(H,25,27)/t12-,13+/m0/s1. The summed E-state index contributed by atoms with van der Waals surface area (Å²) in [6.07, 6.45) is 0.143. The topological polar surface area (TPSA) is 46.9 Å². The van der Waals surface area contributed by atoms with Crippen molar-refractivity contribution in [2.45, 2.75) is 64.2 Å². The van der Waals surface area contributed by atoms with Gasteiger partial charge in [-0.25, -0.2) is 0 Å². The SMILES string of the molecule is CC[C@H](C)n1ncc(C(=O)N[C@H](C)c2cccc(C(F)(F)F)c2)c1C1CC1. The molecule has 1 aliphatic carbocycles. The van der Waals surface area contributed by atoms with E-state index in [9.17, 15) is 18.0 Å². The Bertz CT molecular complexity index is 824. The summed E-state index contributed by atoms with van der Waals surface area (Å²) < 4.78 is 40.7. The summed E-state index contributed by atoms with van der Waals surface area (Å²) in [5.41, 5.74) is 1.17. The summed E-state index contributed by atoms with van der Waals surface area (Å²) >= 11 is 0. The number of hydrogen-bond donors (Lipinski definition) is 1. The first-order valence-electron chi connectivity index (χ1n) is 9.27. The fourth-order valence-electron chi connectivity index (χ4n) is 3.18. The molecule has 0 spiro atoms. The van der Waals surface area contributed by atoms with Gasteiger partial charge in [-0.05, 0) is 50.8 Å². The molecular weight excluding hydrogens is 355 g/mol. The van der Waals surface area contributed by atoms with Crippen molar-refractivity contribution in [2.24, 2.45) is 0 Å². The molecule has 3 rings (SSSR count). The van der Waals surface area contributed by atoms with Crippen LogP contribution in [0.3, 0.4) is 0 Å². The van der Waals surface area contributed by atoms with Crippen molar-refractivity contribution in [3.8, 4) is 0 Å². The van der Waals surface area contributed by atoms with E-state index in [0.717, 1.165) is 37.1 Å². The summed E-state index contributed by atoms with van der Waals surface area (Å²) in [7, 11) is 0. The second-order valence-electron chi connectivity index (χ2n) is 7.24. The largest absolute Gasteiger partial charge is 0.416 e. The van der Waals surface area contributed by atoms with Crippen LogP contribution >= 0.6 is 0 Å². The molecule has 146 valence electrons. The number of carbonyl (C=O) groups excluding carboxylic acids is 1. The summed E-state index contributed by atoms with van der Waals surface area (Å²) in [5.74, 6) is 0.0440. The van der Waals surface area contributed by atoms with Crippen LogP contribution < -0.4 is 5.32 Å². The molecule has 0 bridgehead atoms. The van der Waals surface area contributed by atoms with E-state index in [2.05, 4.69) is 24.3 Å². The molecule has 27 heavy (non-hydrogen) atoms. The Balaban J connectivity index is 1.81. The van der Waals surface area contributed by atoms with Crippen molar-refractivity contribution < 1.29 is 18.0 Å². The van der Waals surface area contributed by atoms with Gasteiger partial charge in [0.2, 0.25) is 0 Å². The van der Waals surface area contributed by atoms with E-state index >= 15 is 0 Å². The van der Waals surface area contributed by atoms with Crippen LogP contribution in [0, 0.1) is 0 Å². The van der Waals surface area contributed by atoms with Crippen molar-refractivity contribution in [3.05, 3.63) is 52.8 Å². The van der Waals surface area contributed by atoms with Gasteiger partial charge in [0.1, 0.15) is 0 Å². The van der Waals surface area contributed by atoms with E-state index in [0.29, 0.717) is 17.0 Å². The molecule has 0 saturated heterocycles. The number of rotatable bonds is 6. The Hall–Kier alpha value is -2.31. The van der Waals surface area contributed by atoms with E-state index in [1.54, 1.807) is 19.2 Å². The van der Waals surface area contributed by atoms with E-state index in [4.69, 9.17) is 0 Å². The van der Waals surface area contributed by atoms with Gasteiger partial charge in [-0.3, -0.25) is 9.48 Å². The van der Waals surface area contributed by atoms with Gasteiger partial charge in [-0.1, -0.05) is 19.1 Å². The fourth-order valence-corrected chi connectivity index (χ4v) is 3.18. The minimum Gasteiger partial charge on any atom is -0.345 e. The minimum atomic E-state index is -4.41. The normalized spacial score (nSPS) is 16.8. The second-order valence-corrected chi connectivity index (χ2v) is 7.24. The van der Waals surface area contributed by atoms with Crippen LogP contribution in [0.1, 0.15) is 85.2 Å². The molecule has 1 aromatic heterocycles. The maximum absolute atomic E-state index is 12.9. The Morgan fingerprint density at radius 2 is 2.04 bits per heavy atom. The average Bonchev–Trinajstić information content (AvgIpc) is 3.38. The molecule has 7 heteroatoms. The zero-order valence-electron chi connectivity index (χ0n) is 15.7. The van der Waals surface area contributed by atoms with Crippen molar-refractivity contribution in [1.29, 1.82) is 0 Å². The first-order valence-corrected chi connectivity index (χ1v) is 9.27. The van der Waals surface area contributed by atoms with E-state index in [1.807, 2.05) is 4.68 Å². The van der Waals surface area contributed by atoms with E-state index in [-0.39, 0.29) is 11.9 Å². The van der Waals surface area contributed by atoms with Crippen molar-refractivity contribution in [2.75, 3.05) is 0 Å². The van der Waals surface area contributed by atoms with Crippen LogP contribution in [0.25, 0.3) is 0 Å². The number of alkyl halides is 3. The van der Waals surface area contributed by atoms with Crippen LogP contribution in [0.5, 0.6) is 0 Å². The van der Waals surface area contributed by atoms with Crippen LogP contribution in [0.2, 0.25) is 0 Å². The lowest BCUT2D eigenvalue weighted by Crippen LogP contribution is -2.27. The molecule has 0 unspecified atom stereocenters. The monoisotopic (exact) mass is 379 g/mol. The molecule has 1 heterocycles. The number of nitrogens with one attached hydrogen (secondary N) is 1. The van der Waals surface area contributed by atoms with Crippen molar-refractivity contribution in [3.63, 3.8) is 0 Å². The van der Waals surface area contributed by atoms with Crippen molar-refractivity contribution in [1.82, 2.24) is 15.1 Å². The highest BCUT2D eigenvalue weighted by molar-refractivity contribution is 5.95. The maximum atomic E-state index is 12.9. The number of nitrogens with zero attached hydrogens (tertiary/aromatic N) is 2. The highest BCUT2D eigenvalue weighted by Gasteiger charge is 2.34. The number of halogens is 3. The molecule has 4 nitrogen and oxygen atoms in total. The van der Waals surface area contributed by atoms with E-state index < -0.39 is 17.8 Å². The number of carbonyl (C=O) groups is 1. The van der Waals surface area contributed by atoms with Gasteiger partial charge in [0.05, 0.1) is 29.1 Å². The van der Waals surface area contributed by atoms with Gasteiger partial charge >= 0.3 is 6.18 Å². The first-order chi connectivity index (χ1) is 12.7. The van der Waals surface area contributed by atoms with E-state index in [1.165, 1.54) is 6.07 Å². The molecule has 1 aromatic carbocycles. The summed E-state index contributed by atoms with van der Waals surface area (Å²) in [4.78, 5) is 12.8. The third kappa shape index (κ3) is 4.17.